The number of rotatable bonds is 6. The second-order valence-electron chi connectivity index (χ2n) is 4.77. The predicted molar refractivity (Wildman–Crippen MR) is 92.6 cm³/mol. The molecule has 2 nitrogen and oxygen atoms in total. The molecule has 0 saturated carbocycles. The highest BCUT2D eigenvalue weighted by molar-refractivity contribution is 7.16. The first-order valence-corrected chi connectivity index (χ1v) is 7.53. The molecule has 0 saturated heterocycles. The quantitative estimate of drug-likeness (QED) is 0.774. The molecule has 110 valence electrons. The number of likely N-dealkylation sites (N-methyl/N-ethyl adjacent to an activating group) is 1. The van der Waals surface area contributed by atoms with Crippen molar-refractivity contribution in [3.63, 3.8) is 0 Å². The Balaban J connectivity index is 0.00000200. The summed E-state index contributed by atoms with van der Waals surface area (Å²) in [6.45, 7) is 2.95. The molecule has 0 radical (unpaired) electrons. The zero-order chi connectivity index (χ0) is 13.7. The van der Waals surface area contributed by atoms with Crippen molar-refractivity contribution in [1.82, 2.24) is 4.90 Å². The summed E-state index contributed by atoms with van der Waals surface area (Å²) < 4.78 is 0.857. The van der Waals surface area contributed by atoms with Crippen molar-refractivity contribution in [1.29, 1.82) is 0 Å². The molecular weight excluding hydrogens is 311 g/mol. The maximum absolute atomic E-state index is 6.01. The normalized spacial score (nSPS) is 10.4. The molecule has 20 heavy (non-hydrogen) atoms. The van der Waals surface area contributed by atoms with Gasteiger partial charge in [-0.15, -0.1) is 23.7 Å². The van der Waals surface area contributed by atoms with E-state index in [9.17, 15) is 0 Å². The molecule has 1 heterocycles. The third-order valence-electron chi connectivity index (χ3n) is 2.91. The Kier molecular flexibility index (Phi) is 7.38. The summed E-state index contributed by atoms with van der Waals surface area (Å²) in [6, 6.07) is 14.6. The van der Waals surface area contributed by atoms with Gasteiger partial charge in [-0.25, -0.2) is 0 Å². The summed E-state index contributed by atoms with van der Waals surface area (Å²) in [7, 11) is 4.20. The lowest BCUT2D eigenvalue weighted by molar-refractivity contribution is 0.413. The fourth-order valence-corrected chi connectivity index (χ4v) is 2.99. The minimum atomic E-state index is 0. The van der Waals surface area contributed by atoms with Crippen LogP contribution in [0.4, 0.5) is 5.69 Å². The molecule has 2 rings (SSSR count). The third-order valence-corrected chi connectivity index (χ3v) is 4.13. The third kappa shape index (κ3) is 5.33. The van der Waals surface area contributed by atoms with Gasteiger partial charge < -0.3 is 9.80 Å². The van der Waals surface area contributed by atoms with Gasteiger partial charge in [0.05, 0.1) is 10.9 Å². The molecule has 0 N–H and O–H groups in total. The summed E-state index contributed by atoms with van der Waals surface area (Å²) in [5, 5.41) is 0. The van der Waals surface area contributed by atoms with E-state index in [2.05, 4.69) is 60.3 Å². The highest BCUT2D eigenvalue weighted by Crippen LogP contribution is 2.24. The van der Waals surface area contributed by atoms with Crippen molar-refractivity contribution in [3.8, 4) is 0 Å². The smallest absolute Gasteiger partial charge is 0.0931 e. The van der Waals surface area contributed by atoms with E-state index in [0.29, 0.717) is 0 Å². The van der Waals surface area contributed by atoms with Crippen LogP contribution in [-0.4, -0.2) is 32.1 Å². The van der Waals surface area contributed by atoms with E-state index in [0.717, 1.165) is 24.0 Å². The Morgan fingerprint density at radius 2 is 1.70 bits per heavy atom. The number of anilines is 1. The molecule has 0 unspecified atom stereocenters. The Bertz CT molecular complexity index is 500. The number of thiophene rings is 1. The molecule has 5 heteroatoms. The number of hydrogen-bond donors (Lipinski definition) is 0. The van der Waals surface area contributed by atoms with Crippen molar-refractivity contribution in [3.05, 3.63) is 51.7 Å². The number of benzene rings is 1. The lowest BCUT2D eigenvalue weighted by Crippen LogP contribution is -2.31. The van der Waals surface area contributed by atoms with Gasteiger partial charge in [-0.1, -0.05) is 29.8 Å². The second-order valence-corrected chi connectivity index (χ2v) is 6.57. The van der Waals surface area contributed by atoms with Gasteiger partial charge in [0.2, 0.25) is 0 Å². The molecule has 0 aliphatic carbocycles. The average Bonchev–Trinajstić information content (AvgIpc) is 2.81. The average molecular weight is 331 g/mol. The zero-order valence-corrected chi connectivity index (χ0v) is 14.1. The van der Waals surface area contributed by atoms with Crippen LogP contribution in [0.1, 0.15) is 4.88 Å². The van der Waals surface area contributed by atoms with Crippen LogP contribution < -0.4 is 4.90 Å². The van der Waals surface area contributed by atoms with Crippen LogP contribution in [0.2, 0.25) is 4.34 Å². The molecule has 0 fully saturated rings. The fraction of sp³-hybridized carbons (Fsp3) is 0.333. The van der Waals surface area contributed by atoms with Crippen LogP contribution >= 0.6 is 35.3 Å². The number of nitrogens with zero attached hydrogens (tertiary/aromatic N) is 2. The fourth-order valence-electron chi connectivity index (χ4n) is 1.88. The SMILES string of the molecule is CN(C)CCN(Cc1ccc(Cl)s1)c1ccccc1.Cl. The minimum absolute atomic E-state index is 0. The standard InChI is InChI=1S/C15H19ClN2S.ClH/c1-17(2)10-11-18(13-6-4-3-5-7-13)12-14-8-9-15(16)19-14;/h3-9H,10-12H2,1-2H3;1H. The Labute approximate surface area is 136 Å². The van der Waals surface area contributed by atoms with Gasteiger partial charge in [-0.3, -0.25) is 0 Å². The molecule has 0 aliphatic heterocycles. The highest BCUT2D eigenvalue weighted by atomic mass is 35.5. The second kappa shape index (κ2) is 8.53. The maximum atomic E-state index is 6.01. The monoisotopic (exact) mass is 330 g/mol. The number of halogens is 2. The van der Waals surface area contributed by atoms with Gasteiger partial charge in [0.1, 0.15) is 0 Å². The van der Waals surface area contributed by atoms with E-state index < -0.39 is 0 Å². The van der Waals surface area contributed by atoms with Gasteiger partial charge in [0, 0.05) is 23.7 Å². The van der Waals surface area contributed by atoms with Gasteiger partial charge in [0.25, 0.3) is 0 Å². The van der Waals surface area contributed by atoms with Gasteiger partial charge in [-0.2, -0.15) is 0 Å². The largest absolute Gasteiger partial charge is 0.365 e. The maximum Gasteiger partial charge on any atom is 0.0931 e. The summed E-state index contributed by atoms with van der Waals surface area (Å²) in [4.78, 5) is 5.90. The van der Waals surface area contributed by atoms with Crippen LogP contribution in [0.5, 0.6) is 0 Å². The van der Waals surface area contributed by atoms with Crippen LogP contribution in [0.3, 0.4) is 0 Å². The molecule has 0 aliphatic rings. The topological polar surface area (TPSA) is 6.48 Å². The van der Waals surface area contributed by atoms with Crippen LogP contribution in [0.15, 0.2) is 42.5 Å². The summed E-state index contributed by atoms with van der Waals surface area (Å²) in [5.41, 5.74) is 1.26. The molecule has 0 bridgehead atoms. The van der Waals surface area contributed by atoms with Crippen LogP contribution in [0.25, 0.3) is 0 Å². The van der Waals surface area contributed by atoms with E-state index >= 15 is 0 Å². The molecule has 0 atom stereocenters. The first-order valence-electron chi connectivity index (χ1n) is 6.34. The molecule has 1 aromatic heterocycles. The van der Waals surface area contributed by atoms with Gasteiger partial charge >= 0.3 is 0 Å². The molecule has 1 aromatic carbocycles. The van der Waals surface area contributed by atoms with Crippen molar-refractivity contribution < 1.29 is 0 Å². The number of hydrogen-bond acceptors (Lipinski definition) is 3. The van der Waals surface area contributed by atoms with Gasteiger partial charge in [-0.05, 0) is 38.4 Å². The van der Waals surface area contributed by atoms with Gasteiger partial charge in [0.15, 0.2) is 0 Å². The molecule has 2 aromatic rings. The Morgan fingerprint density at radius 3 is 2.25 bits per heavy atom. The predicted octanol–water partition coefficient (Wildman–Crippen LogP) is 4.39. The van der Waals surface area contributed by atoms with Crippen LogP contribution in [0, 0.1) is 0 Å². The van der Waals surface area contributed by atoms with Crippen molar-refractivity contribution in [2.45, 2.75) is 6.54 Å². The summed E-state index contributed by atoms with van der Waals surface area (Å²) in [6.07, 6.45) is 0. The number of para-hydroxylation sites is 1. The van der Waals surface area contributed by atoms with E-state index in [-0.39, 0.29) is 12.4 Å². The van der Waals surface area contributed by atoms with Crippen molar-refractivity contribution in [2.24, 2.45) is 0 Å². The molecule has 0 spiro atoms. The lowest BCUT2D eigenvalue weighted by Gasteiger charge is -2.26. The highest BCUT2D eigenvalue weighted by Gasteiger charge is 2.09. The van der Waals surface area contributed by atoms with E-state index in [1.807, 2.05) is 6.07 Å². The molecule has 0 amide bonds. The minimum Gasteiger partial charge on any atom is -0.365 e. The van der Waals surface area contributed by atoms with Crippen molar-refractivity contribution in [2.75, 3.05) is 32.1 Å². The Hall–Kier alpha value is -0.740. The zero-order valence-electron chi connectivity index (χ0n) is 11.8. The lowest BCUT2D eigenvalue weighted by atomic mass is 10.2. The molecular formula is C15H20Cl2N2S. The van der Waals surface area contributed by atoms with E-state index in [4.69, 9.17) is 11.6 Å². The summed E-state index contributed by atoms with van der Waals surface area (Å²) >= 11 is 7.66. The van der Waals surface area contributed by atoms with Crippen LogP contribution in [-0.2, 0) is 6.54 Å². The summed E-state index contributed by atoms with van der Waals surface area (Å²) in [5.74, 6) is 0. The van der Waals surface area contributed by atoms with Crippen molar-refractivity contribution >= 4 is 41.0 Å². The Morgan fingerprint density at radius 1 is 1.00 bits per heavy atom. The first kappa shape index (κ1) is 17.3. The van der Waals surface area contributed by atoms with E-state index in [1.54, 1.807) is 11.3 Å². The first-order chi connectivity index (χ1) is 9.15. The van der Waals surface area contributed by atoms with E-state index in [1.165, 1.54) is 10.6 Å².